The Bertz CT molecular complexity index is 537. The van der Waals surface area contributed by atoms with Crippen molar-refractivity contribution in [3.05, 3.63) is 29.8 Å². The minimum atomic E-state index is -3.46. The molecule has 0 amide bonds. The summed E-state index contributed by atoms with van der Waals surface area (Å²) < 4.78 is 32.5. The molecular weight excluding hydrogens is 276 g/mol. The first-order valence-corrected chi connectivity index (χ1v) is 8.40. The molecule has 0 saturated carbocycles. The van der Waals surface area contributed by atoms with E-state index in [2.05, 4.69) is 4.72 Å². The van der Waals surface area contributed by atoms with E-state index in [-0.39, 0.29) is 10.9 Å². The molecule has 0 spiro atoms. The van der Waals surface area contributed by atoms with Crippen LogP contribution in [0.25, 0.3) is 0 Å². The molecule has 0 bridgehead atoms. The minimum Gasteiger partial charge on any atom is -0.381 e. The van der Waals surface area contributed by atoms with Gasteiger partial charge in [-0.2, -0.15) is 0 Å². The van der Waals surface area contributed by atoms with Crippen molar-refractivity contribution in [3.63, 3.8) is 0 Å². The summed E-state index contributed by atoms with van der Waals surface area (Å²) in [6, 6.07) is 6.61. The van der Waals surface area contributed by atoms with Gasteiger partial charge in [-0.1, -0.05) is 12.1 Å². The van der Waals surface area contributed by atoms with Crippen LogP contribution in [-0.2, 0) is 14.8 Å². The monoisotopic (exact) mass is 298 g/mol. The van der Waals surface area contributed by atoms with Gasteiger partial charge >= 0.3 is 0 Å². The maximum absolute atomic E-state index is 12.3. The van der Waals surface area contributed by atoms with Gasteiger partial charge in [-0.3, -0.25) is 0 Å². The first-order chi connectivity index (χ1) is 9.49. The summed E-state index contributed by atoms with van der Waals surface area (Å²) in [6.07, 6.45) is 1.81. The summed E-state index contributed by atoms with van der Waals surface area (Å²) in [4.78, 5) is 0.277. The molecule has 0 radical (unpaired) electrons. The van der Waals surface area contributed by atoms with Gasteiger partial charge in [0.1, 0.15) is 0 Å². The molecule has 5 nitrogen and oxygen atoms in total. The summed E-state index contributed by atoms with van der Waals surface area (Å²) in [7, 11) is -3.46. The quantitative estimate of drug-likeness (QED) is 0.861. The second-order valence-electron chi connectivity index (χ2n) is 5.27. The zero-order valence-electron chi connectivity index (χ0n) is 11.7. The summed E-state index contributed by atoms with van der Waals surface area (Å²) >= 11 is 0. The molecule has 1 fully saturated rings. The second kappa shape index (κ2) is 6.67. The molecule has 2 rings (SSSR count). The van der Waals surface area contributed by atoms with Crippen molar-refractivity contribution in [2.24, 2.45) is 11.7 Å². The van der Waals surface area contributed by atoms with E-state index in [4.69, 9.17) is 10.5 Å². The van der Waals surface area contributed by atoms with Gasteiger partial charge in [0.25, 0.3) is 0 Å². The van der Waals surface area contributed by atoms with Crippen molar-refractivity contribution in [2.75, 3.05) is 19.8 Å². The van der Waals surface area contributed by atoms with Crippen LogP contribution in [0.1, 0.15) is 31.4 Å². The predicted octanol–water partition coefficient (Wildman–Crippen LogP) is 1.41. The van der Waals surface area contributed by atoms with Gasteiger partial charge in [0, 0.05) is 25.8 Å². The number of benzene rings is 1. The molecule has 3 N–H and O–H groups in total. The Labute approximate surface area is 120 Å². The Morgan fingerprint density at radius 1 is 1.40 bits per heavy atom. The molecule has 1 aliphatic heterocycles. The van der Waals surface area contributed by atoms with Gasteiger partial charge in [0.15, 0.2) is 0 Å². The highest BCUT2D eigenvalue weighted by Crippen LogP contribution is 2.18. The molecule has 1 aliphatic rings. The second-order valence-corrected chi connectivity index (χ2v) is 7.04. The van der Waals surface area contributed by atoms with Gasteiger partial charge in [0.2, 0.25) is 10.0 Å². The predicted molar refractivity (Wildman–Crippen MR) is 77.8 cm³/mol. The summed E-state index contributed by atoms with van der Waals surface area (Å²) in [5, 5.41) is 0. The lowest BCUT2D eigenvalue weighted by molar-refractivity contribution is 0.0678. The maximum atomic E-state index is 12.3. The Balaban J connectivity index is 2.03. The van der Waals surface area contributed by atoms with Gasteiger partial charge in [-0.25, -0.2) is 13.1 Å². The molecule has 112 valence electrons. The molecule has 1 aromatic carbocycles. The van der Waals surface area contributed by atoms with E-state index in [1.807, 2.05) is 13.0 Å². The molecule has 1 unspecified atom stereocenters. The zero-order valence-corrected chi connectivity index (χ0v) is 12.5. The highest BCUT2D eigenvalue weighted by atomic mass is 32.2. The van der Waals surface area contributed by atoms with Gasteiger partial charge in [0.05, 0.1) is 4.90 Å². The minimum absolute atomic E-state index is 0.180. The topological polar surface area (TPSA) is 81.4 Å². The normalized spacial score (nSPS) is 18.9. The third-order valence-electron chi connectivity index (χ3n) is 3.60. The lowest BCUT2D eigenvalue weighted by atomic mass is 10.0. The third-order valence-corrected chi connectivity index (χ3v) is 5.02. The van der Waals surface area contributed by atoms with E-state index >= 15 is 0 Å². The van der Waals surface area contributed by atoms with Crippen LogP contribution in [0.3, 0.4) is 0 Å². The molecule has 0 aliphatic carbocycles. The van der Waals surface area contributed by atoms with Crippen LogP contribution in [0.4, 0.5) is 0 Å². The van der Waals surface area contributed by atoms with Crippen molar-refractivity contribution in [1.29, 1.82) is 0 Å². The van der Waals surface area contributed by atoms with Crippen molar-refractivity contribution in [2.45, 2.75) is 30.7 Å². The first-order valence-electron chi connectivity index (χ1n) is 6.92. The van der Waals surface area contributed by atoms with E-state index in [9.17, 15) is 8.42 Å². The SMILES string of the molecule is CC(N)c1cccc(S(=O)(=O)NCC2CCOCC2)c1. The summed E-state index contributed by atoms with van der Waals surface area (Å²) in [5.41, 5.74) is 6.61. The fourth-order valence-electron chi connectivity index (χ4n) is 2.23. The number of rotatable bonds is 5. The molecule has 20 heavy (non-hydrogen) atoms. The Morgan fingerprint density at radius 2 is 2.10 bits per heavy atom. The average molecular weight is 298 g/mol. The molecular formula is C14H22N2O3S. The maximum Gasteiger partial charge on any atom is 0.240 e. The van der Waals surface area contributed by atoms with E-state index < -0.39 is 10.0 Å². The van der Waals surface area contributed by atoms with Crippen LogP contribution < -0.4 is 10.5 Å². The number of nitrogens with two attached hydrogens (primary N) is 1. The van der Waals surface area contributed by atoms with Crippen LogP contribution >= 0.6 is 0 Å². The number of hydrogen-bond acceptors (Lipinski definition) is 4. The molecule has 0 aromatic heterocycles. The van der Waals surface area contributed by atoms with Crippen molar-refractivity contribution >= 4 is 10.0 Å². The smallest absolute Gasteiger partial charge is 0.240 e. The van der Waals surface area contributed by atoms with Crippen molar-refractivity contribution in [3.8, 4) is 0 Å². The van der Waals surface area contributed by atoms with Crippen molar-refractivity contribution < 1.29 is 13.2 Å². The van der Waals surface area contributed by atoms with Crippen LogP contribution in [0.15, 0.2) is 29.2 Å². The first kappa shape index (κ1) is 15.4. The summed E-state index contributed by atoms with van der Waals surface area (Å²) in [5.74, 6) is 0.357. The Hall–Kier alpha value is -0.950. The van der Waals surface area contributed by atoms with Gasteiger partial charge in [-0.05, 0) is 43.4 Å². The molecule has 1 aromatic rings. The highest BCUT2D eigenvalue weighted by molar-refractivity contribution is 7.89. The number of nitrogens with one attached hydrogen (secondary N) is 1. The van der Waals surface area contributed by atoms with Crippen LogP contribution in [0.5, 0.6) is 0 Å². The number of sulfonamides is 1. The van der Waals surface area contributed by atoms with E-state index in [1.165, 1.54) is 0 Å². The largest absolute Gasteiger partial charge is 0.381 e. The van der Waals surface area contributed by atoms with Crippen LogP contribution in [0, 0.1) is 5.92 Å². The van der Waals surface area contributed by atoms with Crippen LogP contribution in [-0.4, -0.2) is 28.2 Å². The Kier molecular flexibility index (Phi) is 5.15. The van der Waals surface area contributed by atoms with Gasteiger partial charge in [-0.15, -0.1) is 0 Å². The molecule has 1 atom stereocenters. The van der Waals surface area contributed by atoms with Crippen LogP contribution in [0.2, 0.25) is 0 Å². The van der Waals surface area contributed by atoms with E-state index in [0.717, 1.165) is 18.4 Å². The third kappa shape index (κ3) is 4.02. The zero-order chi connectivity index (χ0) is 14.6. The van der Waals surface area contributed by atoms with Gasteiger partial charge < -0.3 is 10.5 Å². The van der Waals surface area contributed by atoms with Crippen molar-refractivity contribution in [1.82, 2.24) is 4.72 Å². The Morgan fingerprint density at radius 3 is 2.75 bits per heavy atom. The van der Waals surface area contributed by atoms with E-state index in [1.54, 1.807) is 18.2 Å². The van der Waals surface area contributed by atoms with E-state index in [0.29, 0.717) is 25.7 Å². The molecule has 6 heteroatoms. The number of hydrogen-bond donors (Lipinski definition) is 2. The lowest BCUT2D eigenvalue weighted by Crippen LogP contribution is -2.32. The highest BCUT2D eigenvalue weighted by Gasteiger charge is 2.19. The fraction of sp³-hybridized carbons (Fsp3) is 0.571. The lowest BCUT2D eigenvalue weighted by Gasteiger charge is -2.22. The summed E-state index contributed by atoms with van der Waals surface area (Å²) in [6.45, 7) is 3.73. The average Bonchev–Trinajstić information content (AvgIpc) is 2.46. The fourth-order valence-corrected chi connectivity index (χ4v) is 3.40. The molecule has 1 saturated heterocycles. The number of ether oxygens (including phenoxy) is 1. The molecule has 1 heterocycles. The standard InChI is InChI=1S/C14H22N2O3S/c1-11(15)13-3-2-4-14(9-13)20(17,18)16-10-12-5-7-19-8-6-12/h2-4,9,11-12,16H,5-8,10,15H2,1H3.